The molecule has 1 atom stereocenters. The Kier molecular flexibility index (Phi) is 3.97. The van der Waals surface area contributed by atoms with Gasteiger partial charge in [0, 0.05) is 38.6 Å². The van der Waals surface area contributed by atoms with E-state index in [0.29, 0.717) is 0 Å². The molecule has 0 saturated carbocycles. The minimum absolute atomic E-state index is 0.287. The molecule has 0 aliphatic heterocycles. The van der Waals surface area contributed by atoms with E-state index in [1.54, 1.807) is 0 Å². The third-order valence-corrected chi connectivity index (χ3v) is 5.51. The second-order valence-corrected chi connectivity index (χ2v) is 7.47. The lowest BCUT2D eigenvalue weighted by Crippen LogP contribution is -2.36. The van der Waals surface area contributed by atoms with Crippen molar-refractivity contribution in [3.05, 3.63) is 95.8 Å². The monoisotopic (exact) mass is 367 g/mol. The highest BCUT2D eigenvalue weighted by Gasteiger charge is 2.36. The van der Waals surface area contributed by atoms with Crippen LogP contribution in [0.5, 0.6) is 0 Å². The highest BCUT2D eigenvalue weighted by molar-refractivity contribution is 5.69. The van der Waals surface area contributed by atoms with Gasteiger partial charge in [0.15, 0.2) is 0 Å². The molecule has 4 nitrogen and oxygen atoms in total. The fraction of sp³-hybridized carbons (Fsp3) is 0.167. The summed E-state index contributed by atoms with van der Waals surface area (Å²) in [7, 11) is 4.08. The molecule has 0 bridgehead atoms. The van der Waals surface area contributed by atoms with E-state index in [2.05, 4.69) is 87.6 Å². The normalized spacial score (nSPS) is 15.0. The Morgan fingerprint density at radius 1 is 0.929 bits per heavy atom. The first kappa shape index (κ1) is 16.8. The first-order chi connectivity index (χ1) is 13.7. The molecule has 0 amide bonds. The van der Waals surface area contributed by atoms with Crippen molar-refractivity contribution in [3.8, 4) is 16.9 Å². The van der Waals surface area contributed by atoms with Gasteiger partial charge >= 0.3 is 0 Å². The molecule has 0 saturated heterocycles. The van der Waals surface area contributed by atoms with Gasteiger partial charge in [-0.05, 0) is 17.7 Å². The Labute approximate surface area is 165 Å². The van der Waals surface area contributed by atoms with Crippen LogP contribution in [0.1, 0.15) is 22.7 Å². The van der Waals surface area contributed by atoms with E-state index in [-0.39, 0.29) is 5.92 Å². The van der Waals surface area contributed by atoms with Crippen LogP contribution in [0.2, 0.25) is 0 Å². The number of nitrogens with one attached hydrogen (secondary N) is 1. The Hall–Kier alpha value is -3.40. The molecule has 138 valence electrons. The minimum atomic E-state index is 0.287. The molecule has 2 aromatic carbocycles. The van der Waals surface area contributed by atoms with Crippen LogP contribution in [0.25, 0.3) is 16.9 Å². The maximum absolute atomic E-state index is 5.00. The first-order valence-electron chi connectivity index (χ1n) is 9.63. The number of para-hydroxylation sites is 1. The topological polar surface area (TPSA) is 35.8 Å². The van der Waals surface area contributed by atoms with E-state index in [1.165, 1.54) is 22.4 Å². The van der Waals surface area contributed by atoms with Crippen LogP contribution in [0.3, 0.4) is 0 Å². The average Bonchev–Trinajstić information content (AvgIpc) is 3.19. The number of fused-ring (bicyclic) bond motifs is 3. The summed E-state index contributed by atoms with van der Waals surface area (Å²) in [5.74, 6) is 1.28. The smallest absolute Gasteiger partial charge is 0.250 e. The number of aromatic amines is 1. The number of hydrogen-bond acceptors (Lipinski definition) is 2. The number of hydrogen-bond donors (Lipinski definition) is 1. The van der Waals surface area contributed by atoms with Crippen molar-refractivity contribution in [3.63, 3.8) is 0 Å². The lowest BCUT2D eigenvalue weighted by atomic mass is 9.80. The van der Waals surface area contributed by atoms with Gasteiger partial charge in [-0.3, -0.25) is 0 Å². The third-order valence-electron chi connectivity index (χ3n) is 5.51. The van der Waals surface area contributed by atoms with Crippen molar-refractivity contribution >= 4 is 5.82 Å². The fourth-order valence-corrected chi connectivity index (χ4v) is 4.11. The lowest BCUT2D eigenvalue weighted by molar-refractivity contribution is -0.644. The molecule has 0 unspecified atom stereocenters. The van der Waals surface area contributed by atoms with E-state index in [9.17, 15) is 0 Å². The van der Waals surface area contributed by atoms with Crippen molar-refractivity contribution < 1.29 is 4.68 Å². The van der Waals surface area contributed by atoms with Crippen LogP contribution in [0.4, 0.5) is 5.82 Å². The summed E-state index contributed by atoms with van der Waals surface area (Å²) in [5, 5.41) is 3.49. The predicted octanol–water partition coefficient (Wildman–Crippen LogP) is 4.11. The fourth-order valence-electron chi connectivity index (χ4n) is 4.11. The van der Waals surface area contributed by atoms with Gasteiger partial charge in [-0.15, -0.1) is 0 Å². The molecule has 2 heterocycles. The summed E-state index contributed by atoms with van der Waals surface area (Å²) in [4.78, 5) is 7.07. The average molecular weight is 367 g/mol. The van der Waals surface area contributed by atoms with Crippen LogP contribution >= 0.6 is 0 Å². The van der Waals surface area contributed by atoms with Gasteiger partial charge in [-0.2, -0.15) is 5.10 Å². The molecule has 1 N–H and O–H groups in total. The van der Waals surface area contributed by atoms with Gasteiger partial charge < -0.3 is 4.90 Å². The molecule has 4 aromatic rings. The number of pyridine rings is 1. The van der Waals surface area contributed by atoms with Crippen LogP contribution in [-0.2, 0) is 6.42 Å². The molecule has 0 fully saturated rings. The largest absolute Gasteiger partial charge is 0.363 e. The Morgan fingerprint density at radius 3 is 2.36 bits per heavy atom. The van der Waals surface area contributed by atoms with Gasteiger partial charge in [-0.1, -0.05) is 53.2 Å². The zero-order chi connectivity index (χ0) is 19.1. The third kappa shape index (κ3) is 2.69. The predicted molar refractivity (Wildman–Crippen MR) is 112 cm³/mol. The molecule has 2 aromatic heterocycles. The molecule has 5 rings (SSSR count). The molecule has 1 aliphatic rings. The molecule has 0 spiro atoms. The van der Waals surface area contributed by atoms with Crippen LogP contribution in [-0.4, -0.2) is 24.2 Å². The maximum atomic E-state index is 5.00. The summed E-state index contributed by atoms with van der Waals surface area (Å²) < 4.78 is 2.18. The van der Waals surface area contributed by atoms with Crippen molar-refractivity contribution in [2.75, 3.05) is 19.0 Å². The highest BCUT2D eigenvalue weighted by atomic mass is 15.3. The van der Waals surface area contributed by atoms with Gasteiger partial charge in [0.05, 0.1) is 23.0 Å². The maximum Gasteiger partial charge on any atom is 0.250 e. The summed E-state index contributed by atoms with van der Waals surface area (Å²) >= 11 is 0. The zero-order valence-electron chi connectivity index (χ0n) is 16.1. The van der Waals surface area contributed by atoms with Crippen LogP contribution in [0.15, 0.2) is 79.0 Å². The van der Waals surface area contributed by atoms with Crippen LogP contribution < -0.4 is 9.58 Å². The quantitative estimate of drug-likeness (QED) is 0.553. The second kappa shape index (κ2) is 6.64. The first-order valence-corrected chi connectivity index (χ1v) is 9.63. The van der Waals surface area contributed by atoms with E-state index in [4.69, 9.17) is 4.98 Å². The Morgan fingerprint density at radius 2 is 1.64 bits per heavy atom. The van der Waals surface area contributed by atoms with E-state index in [0.717, 1.165) is 23.6 Å². The number of H-pyrrole nitrogens is 1. The molecular formula is C24H23N4+. The Bertz CT molecular complexity index is 1110. The number of aromatic nitrogens is 3. The van der Waals surface area contributed by atoms with E-state index in [1.807, 2.05) is 20.2 Å². The van der Waals surface area contributed by atoms with Gasteiger partial charge in [0.1, 0.15) is 5.82 Å². The number of nitrogens with zero attached hydrogens (tertiary/aromatic N) is 3. The lowest BCUT2D eigenvalue weighted by Gasteiger charge is -2.23. The van der Waals surface area contributed by atoms with Crippen LogP contribution in [0, 0.1) is 0 Å². The Balaban J connectivity index is 1.74. The number of anilines is 1. The summed E-state index contributed by atoms with van der Waals surface area (Å²) in [6, 6.07) is 25.5. The minimum Gasteiger partial charge on any atom is -0.363 e. The highest BCUT2D eigenvalue weighted by Crippen LogP contribution is 2.41. The van der Waals surface area contributed by atoms with Gasteiger partial charge in [-0.25, -0.2) is 4.98 Å². The van der Waals surface area contributed by atoms with E-state index >= 15 is 0 Å². The molecule has 28 heavy (non-hydrogen) atoms. The summed E-state index contributed by atoms with van der Waals surface area (Å²) in [6.45, 7) is 0. The van der Waals surface area contributed by atoms with Crippen molar-refractivity contribution in [2.24, 2.45) is 0 Å². The number of rotatable bonds is 3. The molecular weight excluding hydrogens is 344 g/mol. The van der Waals surface area contributed by atoms with Gasteiger partial charge in [0.25, 0.3) is 5.69 Å². The van der Waals surface area contributed by atoms with Gasteiger partial charge in [0.2, 0.25) is 5.69 Å². The zero-order valence-corrected chi connectivity index (χ0v) is 16.1. The molecule has 1 aliphatic carbocycles. The van der Waals surface area contributed by atoms with E-state index < -0.39 is 0 Å². The second-order valence-electron chi connectivity index (χ2n) is 7.47. The molecule has 4 heteroatoms. The van der Waals surface area contributed by atoms with Crippen molar-refractivity contribution in [1.29, 1.82) is 0 Å². The number of benzene rings is 2. The van der Waals surface area contributed by atoms with Crippen molar-refractivity contribution in [2.45, 2.75) is 12.3 Å². The molecule has 0 radical (unpaired) electrons. The van der Waals surface area contributed by atoms with Crippen molar-refractivity contribution in [1.82, 2.24) is 10.1 Å². The summed E-state index contributed by atoms with van der Waals surface area (Å²) in [5.41, 5.74) is 7.33. The standard InChI is InChI=1S/C24H22N4/c1-27(2)23-14-13-19-22(26-23)15-20(17-9-5-3-6-10-17)21-16-25-28(24(19)21)18-11-7-4-8-12-18/h3-14,16,20H,15H2,1-2H3/p+1/t20-/m0/s1. The SMILES string of the molecule is CN(C)c1ccc2c(n1)C[C@@H](c1ccccc1)c1c[nH][n+](-c3ccccc3)c1-2. The summed E-state index contributed by atoms with van der Waals surface area (Å²) in [6.07, 6.45) is 3.06.